The molecule has 0 saturated carbocycles. The van der Waals surface area contributed by atoms with Gasteiger partial charge in [0.25, 0.3) is 0 Å². The molecule has 0 spiro atoms. The molecule has 0 aliphatic carbocycles. The maximum absolute atomic E-state index is 11.9. The number of carboxylic acids is 1. The lowest BCUT2D eigenvalue weighted by atomic mass is 9.99. The summed E-state index contributed by atoms with van der Waals surface area (Å²) in [7, 11) is 0. The van der Waals surface area contributed by atoms with Gasteiger partial charge in [-0.3, -0.25) is 4.79 Å². The average molecular weight is 328 g/mol. The molecule has 1 fully saturated rings. The highest BCUT2D eigenvalue weighted by Crippen LogP contribution is 2.23. The molecule has 22 heavy (non-hydrogen) atoms. The van der Waals surface area contributed by atoms with E-state index in [0.717, 1.165) is 0 Å². The summed E-state index contributed by atoms with van der Waals surface area (Å²) in [6.07, 6.45) is 0.928. The van der Waals surface area contributed by atoms with E-state index in [1.165, 1.54) is 0 Å². The largest absolute Gasteiger partial charge is 0.492 e. The highest BCUT2D eigenvalue weighted by atomic mass is 35.5. The molecule has 1 saturated heterocycles. The Bertz CT molecular complexity index is 542. The number of hydrogen-bond donors (Lipinski definition) is 2. The van der Waals surface area contributed by atoms with Crippen molar-refractivity contribution in [2.45, 2.75) is 24.8 Å². The molecule has 0 radical (unpaired) electrons. The Morgan fingerprint density at radius 1 is 1.41 bits per heavy atom. The van der Waals surface area contributed by atoms with Crippen molar-refractivity contribution in [2.75, 3.05) is 19.8 Å². The van der Waals surface area contributed by atoms with Crippen LogP contribution in [0.3, 0.4) is 0 Å². The molecular formula is C15H18ClNO5. The van der Waals surface area contributed by atoms with Gasteiger partial charge in [-0.25, -0.2) is 4.79 Å². The smallest absolute Gasteiger partial charge is 0.331 e. The number of amides is 1. The van der Waals surface area contributed by atoms with Crippen molar-refractivity contribution in [3.8, 4) is 5.75 Å². The first-order valence-electron chi connectivity index (χ1n) is 7.03. The third-order valence-electron chi connectivity index (χ3n) is 3.45. The fourth-order valence-electron chi connectivity index (χ4n) is 2.19. The van der Waals surface area contributed by atoms with Crippen LogP contribution in [0, 0.1) is 0 Å². The molecule has 120 valence electrons. The molecule has 1 heterocycles. The Morgan fingerprint density at radius 3 is 2.82 bits per heavy atom. The minimum absolute atomic E-state index is 0.00416. The third kappa shape index (κ3) is 4.11. The zero-order valence-electron chi connectivity index (χ0n) is 12.0. The van der Waals surface area contributed by atoms with E-state index < -0.39 is 11.5 Å². The topological polar surface area (TPSA) is 84.9 Å². The van der Waals surface area contributed by atoms with E-state index in [4.69, 9.17) is 21.1 Å². The standard InChI is InChI=1S/C15H18ClNO5/c16-11-4-1-2-5-12(11)22-8-3-6-13(18)17-15(14(19)20)7-9-21-10-15/h1-2,4-5H,3,6-10H2,(H,17,18)(H,19,20). The van der Waals surface area contributed by atoms with Gasteiger partial charge in [-0.05, 0) is 18.6 Å². The number of carbonyl (C=O) groups is 2. The maximum Gasteiger partial charge on any atom is 0.331 e. The van der Waals surface area contributed by atoms with Gasteiger partial charge in [-0.1, -0.05) is 23.7 Å². The lowest BCUT2D eigenvalue weighted by molar-refractivity contribution is -0.147. The van der Waals surface area contributed by atoms with Gasteiger partial charge < -0.3 is 19.9 Å². The summed E-state index contributed by atoms with van der Waals surface area (Å²) in [6, 6.07) is 7.08. The number of rotatable bonds is 7. The summed E-state index contributed by atoms with van der Waals surface area (Å²) < 4.78 is 10.6. The van der Waals surface area contributed by atoms with E-state index >= 15 is 0 Å². The van der Waals surface area contributed by atoms with E-state index in [9.17, 15) is 14.7 Å². The fraction of sp³-hybridized carbons (Fsp3) is 0.467. The molecule has 1 aromatic rings. The predicted octanol–water partition coefficient (Wildman–Crippen LogP) is 1.86. The van der Waals surface area contributed by atoms with Crippen LogP contribution in [0.2, 0.25) is 5.02 Å². The van der Waals surface area contributed by atoms with Gasteiger partial charge in [0.2, 0.25) is 5.91 Å². The summed E-state index contributed by atoms with van der Waals surface area (Å²) in [5.74, 6) is -0.822. The van der Waals surface area contributed by atoms with E-state index in [1.54, 1.807) is 18.2 Å². The number of carboxylic acid groups (broad SMARTS) is 1. The number of ether oxygens (including phenoxy) is 2. The van der Waals surface area contributed by atoms with Crippen molar-refractivity contribution in [3.63, 3.8) is 0 Å². The maximum atomic E-state index is 11.9. The van der Waals surface area contributed by atoms with Crippen LogP contribution in [-0.4, -0.2) is 42.3 Å². The summed E-state index contributed by atoms with van der Waals surface area (Å²) in [4.78, 5) is 23.2. The molecule has 1 unspecified atom stereocenters. The monoisotopic (exact) mass is 327 g/mol. The first-order valence-corrected chi connectivity index (χ1v) is 7.41. The van der Waals surface area contributed by atoms with Crippen LogP contribution in [0.25, 0.3) is 0 Å². The zero-order valence-corrected chi connectivity index (χ0v) is 12.8. The second-order valence-corrected chi connectivity index (χ2v) is 5.53. The first kappa shape index (κ1) is 16.6. The highest BCUT2D eigenvalue weighted by molar-refractivity contribution is 6.32. The molecule has 0 aromatic heterocycles. The number of para-hydroxylation sites is 1. The lowest BCUT2D eigenvalue weighted by Gasteiger charge is -2.23. The molecule has 1 aromatic carbocycles. The number of carbonyl (C=O) groups excluding carboxylic acids is 1. The quantitative estimate of drug-likeness (QED) is 0.747. The van der Waals surface area contributed by atoms with Crippen LogP contribution in [0.4, 0.5) is 0 Å². The normalized spacial score (nSPS) is 20.6. The molecule has 6 nitrogen and oxygen atoms in total. The molecule has 2 rings (SSSR count). The van der Waals surface area contributed by atoms with Crippen LogP contribution >= 0.6 is 11.6 Å². The van der Waals surface area contributed by atoms with E-state index in [1.807, 2.05) is 6.07 Å². The van der Waals surface area contributed by atoms with Crippen molar-refractivity contribution in [1.82, 2.24) is 5.32 Å². The van der Waals surface area contributed by atoms with Crippen molar-refractivity contribution in [1.29, 1.82) is 0 Å². The average Bonchev–Trinajstić information content (AvgIpc) is 2.95. The Kier molecular flexibility index (Phi) is 5.63. The molecule has 7 heteroatoms. The Labute approximate surface area is 133 Å². The van der Waals surface area contributed by atoms with Crippen molar-refractivity contribution < 1.29 is 24.2 Å². The van der Waals surface area contributed by atoms with E-state index in [2.05, 4.69) is 5.32 Å². The van der Waals surface area contributed by atoms with Gasteiger partial charge in [0.1, 0.15) is 5.75 Å². The molecule has 1 aliphatic heterocycles. The Balaban J connectivity index is 1.74. The van der Waals surface area contributed by atoms with Crippen LogP contribution in [-0.2, 0) is 14.3 Å². The molecule has 1 amide bonds. The molecular weight excluding hydrogens is 310 g/mol. The Hall–Kier alpha value is -1.79. The summed E-state index contributed by atoms with van der Waals surface area (Å²) in [5, 5.41) is 12.3. The van der Waals surface area contributed by atoms with Gasteiger partial charge in [0.15, 0.2) is 5.54 Å². The van der Waals surface area contributed by atoms with Gasteiger partial charge in [-0.15, -0.1) is 0 Å². The Morgan fingerprint density at radius 2 is 2.18 bits per heavy atom. The summed E-state index contributed by atoms with van der Waals surface area (Å²) >= 11 is 5.95. The lowest BCUT2D eigenvalue weighted by Crippen LogP contribution is -2.55. The second-order valence-electron chi connectivity index (χ2n) is 5.12. The molecule has 1 atom stereocenters. The van der Waals surface area contributed by atoms with Crippen molar-refractivity contribution in [3.05, 3.63) is 29.3 Å². The van der Waals surface area contributed by atoms with Crippen LogP contribution in [0.5, 0.6) is 5.75 Å². The van der Waals surface area contributed by atoms with Gasteiger partial charge in [0, 0.05) is 19.4 Å². The first-order chi connectivity index (χ1) is 10.5. The highest BCUT2D eigenvalue weighted by Gasteiger charge is 2.43. The minimum Gasteiger partial charge on any atom is -0.492 e. The number of halogens is 1. The van der Waals surface area contributed by atoms with Crippen molar-refractivity contribution in [2.24, 2.45) is 0 Å². The van der Waals surface area contributed by atoms with Gasteiger partial charge in [-0.2, -0.15) is 0 Å². The van der Waals surface area contributed by atoms with E-state index in [0.29, 0.717) is 30.4 Å². The summed E-state index contributed by atoms with van der Waals surface area (Å²) in [5.41, 5.74) is -1.29. The van der Waals surface area contributed by atoms with E-state index in [-0.39, 0.29) is 25.4 Å². The minimum atomic E-state index is -1.29. The predicted molar refractivity (Wildman–Crippen MR) is 80.1 cm³/mol. The molecule has 1 aliphatic rings. The number of benzene rings is 1. The molecule has 2 N–H and O–H groups in total. The van der Waals surface area contributed by atoms with Gasteiger partial charge >= 0.3 is 5.97 Å². The van der Waals surface area contributed by atoms with Crippen LogP contribution < -0.4 is 10.1 Å². The number of aliphatic carboxylic acids is 1. The summed E-state index contributed by atoms with van der Waals surface area (Å²) in [6.45, 7) is 0.667. The zero-order chi connectivity index (χ0) is 16.0. The molecule has 0 bridgehead atoms. The van der Waals surface area contributed by atoms with Crippen molar-refractivity contribution >= 4 is 23.5 Å². The van der Waals surface area contributed by atoms with Crippen LogP contribution in [0.15, 0.2) is 24.3 Å². The van der Waals surface area contributed by atoms with Gasteiger partial charge in [0.05, 0.1) is 18.2 Å². The second kappa shape index (κ2) is 7.47. The number of hydrogen-bond acceptors (Lipinski definition) is 4. The fourth-order valence-corrected chi connectivity index (χ4v) is 2.38. The van der Waals surface area contributed by atoms with Crippen LogP contribution in [0.1, 0.15) is 19.3 Å². The number of nitrogens with one attached hydrogen (secondary N) is 1. The SMILES string of the molecule is O=C(CCCOc1ccccc1Cl)NC1(C(=O)O)CCOC1. The third-order valence-corrected chi connectivity index (χ3v) is 3.76.